The molecule has 0 radical (unpaired) electrons. The summed E-state index contributed by atoms with van der Waals surface area (Å²) in [6.45, 7) is 0. The predicted octanol–water partition coefficient (Wildman–Crippen LogP) is 12.2. The lowest BCUT2D eigenvalue weighted by Crippen LogP contribution is -2.06. The molecule has 7 aromatic carbocycles. The Hall–Kier alpha value is -6.63. The maximum Gasteiger partial charge on any atom is 0.238 e. The molecule has 0 N–H and O–H groups in total. The number of benzene rings is 7. The lowest BCUT2D eigenvalue weighted by Gasteiger charge is -2.12. The van der Waals surface area contributed by atoms with Crippen molar-refractivity contribution in [2.24, 2.45) is 0 Å². The zero-order valence-electron chi connectivity index (χ0n) is 36.3. The second-order valence-corrected chi connectivity index (χ2v) is 13.1. The Labute approximate surface area is 309 Å². The highest BCUT2D eigenvalue weighted by molar-refractivity contribution is 7.26. The molecule has 4 aromatic heterocycles. The fraction of sp³-hybridized carbons (Fsp3) is 0. The molecule has 4 heterocycles. The van der Waals surface area contributed by atoms with Gasteiger partial charge < -0.3 is 4.42 Å². The van der Waals surface area contributed by atoms with E-state index in [1.165, 1.54) is 4.57 Å². The van der Waals surface area contributed by atoms with Crippen molar-refractivity contribution >= 4 is 75.3 Å². The van der Waals surface area contributed by atoms with Gasteiger partial charge in [0, 0.05) is 47.3 Å². The summed E-state index contributed by atoms with van der Waals surface area (Å²) in [6.07, 6.45) is 0. The van der Waals surface area contributed by atoms with Gasteiger partial charge in [0.15, 0.2) is 11.6 Å². The Balaban J connectivity index is 1.31. The summed E-state index contributed by atoms with van der Waals surface area (Å²) in [7, 11) is 0. The molecule has 5 nitrogen and oxygen atoms in total. The first-order valence-corrected chi connectivity index (χ1v) is 16.9. The van der Waals surface area contributed by atoms with Crippen LogP contribution in [-0.4, -0.2) is 19.5 Å². The number of thiophene rings is 1. The first-order valence-electron chi connectivity index (χ1n) is 21.1. The number of rotatable bonds is 4. The van der Waals surface area contributed by atoms with Crippen LogP contribution in [0.3, 0.4) is 0 Å². The number of hydrogen-bond donors (Lipinski definition) is 0. The molecule has 0 spiro atoms. The van der Waals surface area contributed by atoms with E-state index < -0.39 is 42.3 Å². The van der Waals surface area contributed by atoms with Gasteiger partial charge >= 0.3 is 0 Å². The molecule has 0 aliphatic rings. The number of hydrogen-bond acceptors (Lipinski definition) is 5. The molecule has 0 atom stereocenters. The summed E-state index contributed by atoms with van der Waals surface area (Å²) < 4.78 is 97.8. The zero-order valence-corrected chi connectivity index (χ0v) is 27.2. The van der Waals surface area contributed by atoms with Crippen LogP contribution in [0.2, 0.25) is 0 Å². The third-order valence-electron chi connectivity index (χ3n) is 9.17. The van der Waals surface area contributed by atoms with E-state index in [2.05, 4.69) is 0 Å². The summed E-state index contributed by atoms with van der Waals surface area (Å²) in [5.41, 5.74) is 4.09. The molecule has 11 aromatic rings. The summed E-state index contributed by atoms with van der Waals surface area (Å²) in [5.74, 6) is 0.293. The highest BCUT2D eigenvalue weighted by Crippen LogP contribution is 2.43. The molecule has 0 bridgehead atoms. The van der Waals surface area contributed by atoms with Crippen LogP contribution >= 0.6 is 11.3 Å². The van der Waals surface area contributed by atoms with Crippen LogP contribution in [0, 0.1) is 0 Å². The predicted molar refractivity (Wildman–Crippen MR) is 211 cm³/mol. The van der Waals surface area contributed by atoms with Gasteiger partial charge in [0.2, 0.25) is 5.95 Å². The monoisotopic (exact) mass is 680 g/mol. The van der Waals surface area contributed by atoms with Crippen LogP contribution in [-0.2, 0) is 0 Å². The Kier molecular flexibility index (Phi) is 4.32. The third-order valence-corrected chi connectivity index (χ3v) is 10.3. The molecule has 0 fully saturated rings. The molecule has 51 heavy (non-hydrogen) atoms. The second-order valence-electron chi connectivity index (χ2n) is 12.1. The Morgan fingerprint density at radius 3 is 2.24 bits per heavy atom. The molecule has 0 unspecified atom stereocenters. The lowest BCUT2D eigenvalue weighted by atomic mass is 10.0. The summed E-state index contributed by atoms with van der Waals surface area (Å²) in [4.78, 5) is 15.0. The van der Waals surface area contributed by atoms with Gasteiger partial charge in [-0.3, -0.25) is 4.57 Å². The summed E-state index contributed by atoms with van der Waals surface area (Å²) in [6, 6.07) is 26.4. The molecule has 0 saturated carbocycles. The molecule has 11 rings (SSSR count). The number of fused-ring (bicyclic) bond motifs is 10. The van der Waals surface area contributed by atoms with Gasteiger partial charge in [-0.15, -0.1) is 11.3 Å². The molecule has 238 valence electrons. The number of nitrogens with zero attached hydrogens (tertiary/aromatic N) is 4. The maximum atomic E-state index is 9.61. The van der Waals surface area contributed by atoms with Crippen molar-refractivity contribution in [2.75, 3.05) is 0 Å². The maximum absolute atomic E-state index is 9.61. The van der Waals surface area contributed by atoms with E-state index in [0.717, 1.165) is 33.2 Å². The minimum Gasteiger partial charge on any atom is -0.455 e. The van der Waals surface area contributed by atoms with Crippen molar-refractivity contribution < 1.29 is 18.1 Å². The summed E-state index contributed by atoms with van der Waals surface area (Å²) >= 11 is 0.983. The van der Waals surface area contributed by atoms with Crippen molar-refractivity contribution in [1.82, 2.24) is 19.5 Å². The average Bonchev–Trinajstić information content (AvgIpc) is 3.99. The SMILES string of the molecule is [2H]c1c([2H])c([2H])c2c(sc3c2c([2H])c([2H])c2c3c3c([2H])c([2H])c([2H])c([2H])c3n2-c2nc(-c3cccc(-c4ccccc4)c3)nc(-c3cccc4c3oc3ccccc34)n2)c1[2H]. The van der Waals surface area contributed by atoms with E-state index in [1.54, 1.807) is 0 Å². The average molecular weight is 681 g/mol. The van der Waals surface area contributed by atoms with Gasteiger partial charge in [0.05, 0.1) is 30.3 Å². The molecule has 0 amide bonds. The van der Waals surface area contributed by atoms with Crippen LogP contribution in [0.1, 0.15) is 13.7 Å². The standard InChI is InChI=1S/C45H26N4OS/c1-2-12-27(13-3-1)28-14-10-15-29(26-28)43-46-44(35-20-11-19-32-30-16-5-8-22-38(30)50-41(32)35)48-45(47-43)49-36-21-7-4-18-34(36)40-37(49)25-24-33-31-17-6-9-23-39(31)51-42(33)40/h1-26H/i4D,6D,7D,9D,17D,18D,21D,23D,24D,25D. The Morgan fingerprint density at radius 1 is 0.549 bits per heavy atom. The van der Waals surface area contributed by atoms with E-state index in [0.29, 0.717) is 22.3 Å². The first kappa shape index (κ1) is 20.1. The minimum atomic E-state index is -0.538. The Morgan fingerprint density at radius 2 is 1.29 bits per heavy atom. The molecule has 6 heteroatoms. The molecule has 0 aliphatic carbocycles. The van der Waals surface area contributed by atoms with Crippen LogP contribution < -0.4 is 0 Å². The normalized spacial score (nSPS) is 14.7. The fourth-order valence-electron chi connectivity index (χ4n) is 6.88. The Bertz CT molecular complexity index is 3730. The molecular formula is C45H26N4OS. The fourth-order valence-corrected chi connectivity index (χ4v) is 8.00. The van der Waals surface area contributed by atoms with Crippen molar-refractivity contribution in [1.29, 1.82) is 0 Å². The minimum absolute atomic E-state index is 0.00407. The molecule has 0 aliphatic heterocycles. The van der Waals surface area contributed by atoms with Crippen molar-refractivity contribution in [3.05, 3.63) is 157 Å². The largest absolute Gasteiger partial charge is 0.455 e. The van der Waals surface area contributed by atoms with Crippen LogP contribution in [0.25, 0.3) is 104 Å². The van der Waals surface area contributed by atoms with E-state index in [-0.39, 0.29) is 77.7 Å². The highest BCUT2D eigenvalue weighted by atomic mass is 32.1. The second kappa shape index (κ2) is 10.9. The van der Waals surface area contributed by atoms with Gasteiger partial charge in [0.25, 0.3) is 0 Å². The zero-order chi connectivity index (χ0) is 42.2. The van der Waals surface area contributed by atoms with Crippen LogP contribution in [0.5, 0.6) is 0 Å². The van der Waals surface area contributed by atoms with Gasteiger partial charge in [-0.25, -0.2) is 4.98 Å². The molecule has 0 saturated heterocycles. The third kappa shape index (κ3) is 4.30. The van der Waals surface area contributed by atoms with E-state index in [1.807, 2.05) is 97.1 Å². The van der Waals surface area contributed by atoms with Crippen molar-refractivity contribution in [3.8, 4) is 39.9 Å². The lowest BCUT2D eigenvalue weighted by molar-refractivity contribution is 0.669. The van der Waals surface area contributed by atoms with Gasteiger partial charge in [-0.1, -0.05) is 121 Å². The highest BCUT2D eigenvalue weighted by Gasteiger charge is 2.22. The van der Waals surface area contributed by atoms with Gasteiger partial charge in [0.1, 0.15) is 11.2 Å². The van der Waals surface area contributed by atoms with Crippen LogP contribution in [0.4, 0.5) is 0 Å². The topological polar surface area (TPSA) is 56.7 Å². The number of para-hydroxylation sites is 3. The quantitative estimate of drug-likeness (QED) is 0.186. The first-order chi connectivity index (χ1) is 29.4. The number of aromatic nitrogens is 4. The van der Waals surface area contributed by atoms with Gasteiger partial charge in [-0.05, 0) is 47.5 Å². The smallest absolute Gasteiger partial charge is 0.238 e. The molecular weight excluding hydrogens is 645 g/mol. The number of furan rings is 1. The van der Waals surface area contributed by atoms with E-state index in [9.17, 15) is 5.48 Å². The van der Waals surface area contributed by atoms with Crippen molar-refractivity contribution in [2.45, 2.75) is 0 Å². The summed E-state index contributed by atoms with van der Waals surface area (Å²) in [5, 5.41) is 2.05. The van der Waals surface area contributed by atoms with Crippen molar-refractivity contribution in [3.63, 3.8) is 0 Å². The van der Waals surface area contributed by atoms with Gasteiger partial charge in [-0.2, -0.15) is 9.97 Å². The van der Waals surface area contributed by atoms with E-state index in [4.69, 9.17) is 27.6 Å². The van der Waals surface area contributed by atoms with Crippen LogP contribution in [0.15, 0.2) is 162 Å². The van der Waals surface area contributed by atoms with E-state index >= 15 is 0 Å².